The maximum Gasteiger partial charge on any atom is 0.408 e. The summed E-state index contributed by atoms with van der Waals surface area (Å²) in [5, 5.41) is 17.2. The predicted octanol–water partition coefficient (Wildman–Crippen LogP) is 5.47. The molecule has 2 atom stereocenters. The SMILES string of the molecule is CC(C)(C)OC(=O)N[C@H](c1cn2ncc(CC3(C(=O)O)CC=CCC3)cc2n1)C1CCC(F)(F)CC1. The first kappa shape index (κ1) is 26.0. The van der Waals surface area contributed by atoms with Crippen LogP contribution in [0.4, 0.5) is 13.6 Å². The van der Waals surface area contributed by atoms with Crippen LogP contribution in [0, 0.1) is 11.3 Å². The molecule has 0 radical (unpaired) electrons. The molecule has 4 rings (SSSR count). The molecule has 2 heterocycles. The Morgan fingerprint density at radius 2 is 1.97 bits per heavy atom. The average Bonchev–Trinajstić information content (AvgIpc) is 3.20. The number of ether oxygens (including phenoxy) is 1. The molecule has 1 unspecified atom stereocenters. The number of hydrogen-bond acceptors (Lipinski definition) is 5. The lowest BCUT2D eigenvalue weighted by Crippen LogP contribution is -2.40. The second-order valence-electron chi connectivity index (χ2n) is 11.1. The second-order valence-corrected chi connectivity index (χ2v) is 11.1. The van der Waals surface area contributed by atoms with Crippen LogP contribution in [-0.4, -0.2) is 43.3 Å². The molecule has 36 heavy (non-hydrogen) atoms. The zero-order valence-corrected chi connectivity index (χ0v) is 21.0. The van der Waals surface area contributed by atoms with Gasteiger partial charge >= 0.3 is 12.1 Å². The topological polar surface area (TPSA) is 106 Å². The van der Waals surface area contributed by atoms with Crippen molar-refractivity contribution in [2.24, 2.45) is 11.3 Å². The first-order valence-electron chi connectivity index (χ1n) is 12.5. The third-order valence-electron chi connectivity index (χ3n) is 7.08. The van der Waals surface area contributed by atoms with Gasteiger partial charge in [0.05, 0.1) is 29.5 Å². The summed E-state index contributed by atoms with van der Waals surface area (Å²) in [4.78, 5) is 29.4. The molecule has 8 nitrogen and oxygen atoms in total. The molecule has 0 spiro atoms. The third-order valence-corrected chi connectivity index (χ3v) is 7.08. The zero-order valence-electron chi connectivity index (χ0n) is 21.0. The maximum absolute atomic E-state index is 13.8. The summed E-state index contributed by atoms with van der Waals surface area (Å²) < 4.78 is 34.7. The Morgan fingerprint density at radius 3 is 2.58 bits per heavy atom. The number of carbonyl (C=O) groups excluding carboxylic acids is 1. The van der Waals surface area contributed by atoms with Gasteiger partial charge in [-0.05, 0) is 76.8 Å². The number of aliphatic carboxylic acids is 1. The molecule has 2 aromatic rings. The van der Waals surface area contributed by atoms with Gasteiger partial charge < -0.3 is 15.2 Å². The van der Waals surface area contributed by atoms with E-state index in [1.807, 2.05) is 12.2 Å². The Balaban J connectivity index is 1.61. The fourth-order valence-electron chi connectivity index (χ4n) is 5.15. The number of rotatable bonds is 6. The number of imidazole rings is 1. The predicted molar refractivity (Wildman–Crippen MR) is 129 cm³/mol. The number of alkyl halides is 2. The number of aromatic nitrogens is 3. The van der Waals surface area contributed by atoms with E-state index in [0.717, 1.165) is 5.56 Å². The molecule has 2 aromatic heterocycles. The van der Waals surface area contributed by atoms with Gasteiger partial charge in [0.1, 0.15) is 5.60 Å². The van der Waals surface area contributed by atoms with E-state index < -0.39 is 35.0 Å². The van der Waals surface area contributed by atoms with Gasteiger partial charge in [0.15, 0.2) is 5.65 Å². The summed E-state index contributed by atoms with van der Waals surface area (Å²) in [6, 6.07) is 1.19. The molecular weight excluding hydrogens is 470 g/mol. The molecule has 1 fully saturated rings. The molecule has 0 aromatic carbocycles. The van der Waals surface area contributed by atoms with Gasteiger partial charge in [-0.2, -0.15) is 5.10 Å². The summed E-state index contributed by atoms with van der Waals surface area (Å²) in [7, 11) is 0. The number of hydrogen-bond donors (Lipinski definition) is 2. The number of nitrogens with one attached hydrogen (secondary N) is 1. The van der Waals surface area contributed by atoms with Crippen molar-refractivity contribution in [2.75, 3.05) is 0 Å². The van der Waals surface area contributed by atoms with Crippen molar-refractivity contribution >= 4 is 17.7 Å². The Hall–Kier alpha value is -3.04. The van der Waals surface area contributed by atoms with Gasteiger partial charge in [-0.3, -0.25) is 4.79 Å². The fourth-order valence-corrected chi connectivity index (χ4v) is 5.15. The van der Waals surface area contributed by atoms with E-state index in [1.54, 1.807) is 43.7 Å². The van der Waals surface area contributed by atoms with Crippen LogP contribution in [0.1, 0.15) is 83.0 Å². The van der Waals surface area contributed by atoms with Crippen molar-refractivity contribution in [3.63, 3.8) is 0 Å². The number of amides is 1. The number of carbonyl (C=O) groups is 2. The van der Waals surface area contributed by atoms with Crippen molar-refractivity contribution in [1.29, 1.82) is 0 Å². The molecule has 10 heteroatoms. The minimum Gasteiger partial charge on any atom is -0.481 e. The van der Waals surface area contributed by atoms with Crippen LogP contribution in [0.3, 0.4) is 0 Å². The minimum absolute atomic E-state index is 0.231. The van der Waals surface area contributed by atoms with Crippen LogP contribution < -0.4 is 5.32 Å². The third kappa shape index (κ3) is 6.02. The highest BCUT2D eigenvalue weighted by Crippen LogP contribution is 2.41. The van der Waals surface area contributed by atoms with E-state index in [1.165, 1.54) is 0 Å². The minimum atomic E-state index is -2.70. The highest BCUT2D eigenvalue weighted by molar-refractivity contribution is 5.75. The molecule has 2 aliphatic rings. The Bertz CT molecular complexity index is 1150. The summed E-state index contributed by atoms with van der Waals surface area (Å²) in [5.74, 6) is -3.76. The number of nitrogens with zero attached hydrogens (tertiary/aromatic N) is 3. The van der Waals surface area contributed by atoms with E-state index in [0.29, 0.717) is 37.0 Å². The smallest absolute Gasteiger partial charge is 0.408 e. The monoisotopic (exact) mass is 504 g/mol. The molecule has 2 N–H and O–H groups in total. The maximum atomic E-state index is 13.8. The van der Waals surface area contributed by atoms with Gasteiger partial charge in [-0.25, -0.2) is 23.1 Å². The standard InChI is InChI=1S/C26H34F2N4O4/c1-24(2,3)36-23(35)31-21(18-7-11-26(27,28)12-8-18)19-16-32-20(30-19)13-17(15-29-32)14-25(22(33)34)9-5-4-6-10-25/h4-5,13,15-16,18,21H,6-12,14H2,1-3H3,(H,31,35)(H,33,34)/t21-,25?/m0/s1. The summed E-state index contributed by atoms with van der Waals surface area (Å²) in [6.45, 7) is 5.27. The fraction of sp³-hybridized carbons (Fsp3) is 0.615. The quantitative estimate of drug-likeness (QED) is 0.505. The van der Waals surface area contributed by atoms with E-state index >= 15 is 0 Å². The van der Waals surface area contributed by atoms with E-state index in [-0.39, 0.29) is 31.6 Å². The van der Waals surface area contributed by atoms with Gasteiger partial charge in [-0.1, -0.05) is 12.2 Å². The van der Waals surface area contributed by atoms with Crippen molar-refractivity contribution in [1.82, 2.24) is 19.9 Å². The summed E-state index contributed by atoms with van der Waals surface area (Å²) in [6.07, 6.45) is 8.66. The number of alkyl carbamates (subject to hydrolysis) is 1. The average molecular weight is 505 g/mol. The lowest BCUT2D eigenvalue weighted by Gasteiger charge is -2.33. The van der Waals surface area contributed by atoms with Gasteiger partial charge in [-0.15, -0.1) is 0 Å². The van der Waals surface area contributed by atoms with Crippen LogP contribution in [0.15, 0.2) is 30.6 Å². The van der Waals surface area contributed by atoms with E-state index in [4.69, 9.17) is 4.74 Å². The largest absolute Gasteiger partial charge is 0.481 e. The van der Waals surface area contributed by atoms with Gasteiger partial charge in [0, 0.05) is 12.8 Å². The lowest BCUT2D eigenvalue weighted by atomic mass is 9.73. The van der Waals surface area contributed by atoms with Crippen LogP contribution in [-0.2, 0) is 16.0 Å². The summed E-state index contributed by atoms with van der Waals surface area (Å²) in [5.41, 5.74) is 0.183. The van der Waals surface area contributed by atoms with Gasteiger partial charge in [0.2, 0.25) is 5.92 Å². The van der Waals surface area contributed by atoms with Gasteiger partial charge in [0.25, 0.3) is 0 Å². The molecule has 2 aliphatic carbocycles. The normalized spacial score (nSPS) is 23.4. The molecule has 1 saturated carbocycles. The molecule has 0 aliphatic heterocycles. The zero-order chi connectivity index (χ0) is 26.1. The lowest BCUT2D eigenvalue weighted by molar-refractivity contribution is -0.149. The van der Waals surface area contributed by atoms with Crippen molar-refractivity contribution < 1.29 is 28.2 Å². The number of carboxylic acid groups (broad SMARTS) is 1. The summed E-state index contributed by atoms with van der Waals surface area (Å²) >= 11 is 0. The van der Waals surface area contributed by atoms with Crippen molar-refractivity contribution in [2.45, 2.75) is 89.7 Å². The van der Waals surface area contributed by atoms with Crippen LogP contribution in [0.5, 0.6) is 0 Å². The van der Waals surface area contributed by atoms with E-state index in [2.05, 4.69) is 15.4 Å². The first-order chi connectivity index (χ1) is 16.9. The Morgan fingerprint density at radius 1 is 1.25 bits per heavy atom. The second kappa shape index (κ2) is 9.78. The Kier molecular flexibility index (Phi) is 7.07. The highest BCUT2D eigenvalue weighted by Gasteiger charge is 2.40. The molecule has 196 valence electrons. The number of carboxylic acids is 1. The van der Waals surface area contributed by atoms with Crippen LogP contribution >= 0.6 is 0 Å². The Labute approximate surface area is 209 Å². The van der Waals surface area contributed by atoms with E-state index in [9.17, 15) is 23.5 Å². The first-order valence-corrected chi connectivity index (χ1v) is 12.5. The molecule has 1 amide bonds. The highest BCUT2D eigenvalue weighted by atomic mass is 19.3. The van der Waals surface area contributed by atoms with Crippen molar-refractivity contribution in [3.8, 4) is 0 Å². The van der Waals surface area contributed by atoms with Crippen LogP contribution in [0.2, 0.25) is 0 Å². The number of fused-ring (bicyclic) bond motifs is 1. The molecule has 0 bridgehead atoms. The molecule has 0 saturated heterocycles. The van der Waals surface area contributed by atoms with Crippen LogP contribution in [0.25, 0.3) is 5.65 Å². The molecular formula is C26H34F2N4O4. The number of allylic oxidation sites excluding steroid dienone is 2. The number of halogens is 2. The van der Waals surface area contributed by atoms with Crippen molar-refractivity contribution in [3.05, 3.63) is 41.9 Å².